The van der Waals surface area contributed by atoms with E-state index in [1.807, 2.05) is 24.3 Å². The van der Waals surface area contributed by atoms with Gasteiger partial charge in [-0.05, 0) is 23.8 Å². The highest BCUT2D eigenvalue weighted by Crippen LogP contribution is 2.37. The van der Waals surface area contributed by atoms with Crippen molar-refractivity contribution in [1.29, 1.82) is 0 Å². The molecule has 2 rings (SSSR count). The van der Waals surface area contributed by atoms with Crippen LogP contribution in [0.1, 0.15) is 17.3 Å². The number of hydrogen-bond acceptors (Lipinski definition) is 4. The van der Waals surface area contributed by atoms with Gasteiger partial charge < -0.3 is 9.15 Å². The Morgan fingerprint density at radius 2 is 1.79 bits per heavy atom. The minimum absolute atomic E-state index is 0.0631. The fraction of sp³-hybridized carbons (Fsp3) is 0.167. The lowest BCUT2D eigenvalue weighted by Crippen LogP contribution is -1.99. The van der Waals surface area contributed by atoms with Crippen LogP contribution >= 0.6 is 34.8 Å². The van der Waals surface area contributed by atoms with Gasteiger partial charge in [0.25, 0.3) is 9.68 Å². The summed E-state index contributed by atoms with van der Waals surface area (Å²) in [7, 11) is 1.61. The quantitative estimate of drug-likeness (QED) is 0.800. The lowest BCUT2D eigenvalue weighted by atomic mass is 10.2. The van der Waals surface area contributed by atoms with E-state index in [1.165, 1.54) is 0 Å². The van der Waals surface area contributed by atoms with Gasteiger partial charge in [-0.25, -0.2) is 0 Å². The van der Waals surface area contributed by atoms with Crippen LogP contribution in [0.15, 0.2) is 28.7 Å². The van der Waals surface area contributed by atoms with Crippen molar-refractivity contribution in [2.45, 2.75) is 3.79 Å². The molecule has 19 heavy (non-hydrogen) atoms. The first-order chi connectivity index (χ1) is 8.99. The zero-order valence-electron chi connectivity index (χ0n) is 9.81. The molecular formula is C12H9Cl3N2O2. The number of nitrogens with zero attached hydrogens (tertiary/aromatic N) is 2. The summed E-state index contributed by atoms with van der Waals surface area (Å²) in [5.41, 5.74) is 0.953. The molecule has 0 aliphatic carbocycles. The normalized spacial score (nSPS) is 12.0. The molecule has 1 aromatic heterocycles. The molecule has 1 aromatic carbocycles. The molecule has 1 heterocycles. The monoisotopic (exact) mass is 318 g/mol. The Morgan fingerprint density at radius 1 is 1.11 bits per heavy atom. The van der Waals surface area contributed by atoms with Crippen molar-refractivity contribution in [3.8, 4) is 5.75 Å². The third-order valence-electron chi connectivity index (χ3n) is 2.22. The zero-order chi connectivity index (χ0) is 13.9. The predicted octanol–water partition coefficient (Wildman–Crippen LogP) is 4.08. The van der Waals surface area contributed by atoms with E-state index < -0.39 is 3.79 Å². The van der Waals surface area contributed by atoms with E-state index in [2.05, 4.69) is 10.2 Å². The van der Waals surface area contributed by atoms with Crippen LogP contribution < -0.4 is 4.74 Å². The van der Waals surface area contributed by atoms with Crippen molar-refractivity contribution >= 4 is 47.0 Å². The largest absolute Gasteiger partial charge is 0.497 e. The van der Waals surface area contributed by atoms with Crippen LogP contribution in [-0.4, -0.2) is 17.3 Å². The second-order valence-electron chi connectivity index (χ2n) is 3.55. The molecule has 4 nitrogen and oxygen atoms in total. The number of methoxy groups -OCH3 is 1. The number of hydrogen-bond donors (Lipinski definition) is 0. The summed E-state index contributed by atoms with van der Waals surface area (Å²) in [5.74, 6) is 0.984. The van der Waals surface area contributed by atoms with Crippen LogP contribution in [0.2, 0.25) is 0 Å². The minimum Gasteiger partial charge on any atom is -0.497 e. The number of alkyl halides is 3. The van der Waals surface area contributed by atoms with Gasteiger partial charge in [0.15, 0.2) is 0 Å². The highest BCUT2D eigenvalue weighted by Gasteiger charge is 2.29. The Bertz CT molecular complexity index is 573. The van der Waals surface area contributed by atoms with Gasteiger partial charge in [0.1, 0.15) is 5.75 Å². The summed E-state index contributed by atoms with van der Waals surface area (Å²) in [4.78, 5) is 0. The summed E-state index contributed by atoms with van der Waals surface area (Å²) < 4.78 is 8.54. The van der Waals surface area contributed by atoms with Crippen LogP contribution in [0.25, 0.3) is 12.2 Å². The van der Waals surface area contributed by atoms with Crippen molar-refractivity contribution in [3.63, 3.8) is 0 Å². The fourth-order valence-electron chi connectivity index (χ4n) is 1.30. The van der Waals surface area contributed by atoms with Crippen molar-refractivity contribution in [2.24, 2.45) is 0 Å². The smallest absolute Gasteiger partial charge is 0.268 e. The molecule has 0 atom stereocenters. The minimum atomic E-state index is -1.71. The number of rotatable bonds is 3. The first-order valence-corrected chi connectivity index (χ1v) is 6.35. The topological polar surface area (TPSA) is 48.2 Å². The number of benzene rings is 1. The van der Waals surface area contributed by atoms with E-state index in [-0.39, 0.29) is 11.8 Å². The van der Waals surface area contributed by atoms with Crippen molar-refractivity contribution in [3.05, 3.63) is 41.6 Å². The Kier molecular flexibility index (Phi) is 4.34. The first-order valence-electron chi connectivity index (χ1n) is 5.22. The summed E-state index contributed by atoms with van der Waals surface area (Å²) in [6, 6.07) is 7.48. The Labute approximate surface area is 124 Å². The molecular weight excluding hydrogens is 311 g/mol. The van der Waals surface area contributed by atoms with Crippen LogP contribution in [0, 0.1) is 0 Å². The molecule has 100 valence electrons. The molecule has 0 bridgehead atoms. The molecule has 0 radical (unpaired) electrons. The Balaban J connectivity index is 2.11. The van der Waals surface area contributed by atoms with Crippen molar-refractivity contribution in [1.82, 2.24) is 10.2 Å². The molecule has 0 spiro atoms. The standard InChI is InChI=1S/C12H9Cl3N2O2/c1-18-9-5-2-8(3-6-9)4-7-10-16-17-11(19-10)12(13,14)15/h2-7H,1H3. The second kappa shape index (κ2) is 5.82. The van der Waals surface area contributed by atoms with E-state index in [9.17, 15) is 0 Å². The molecule has 0 fully saturated rings. The van der Waals surface area contributed by atoms with E-state index >= 15 is 0 Å². The summed E-state index contributed by atoms with van der Waals surface area (Å²) in [5, 5.41) is 7.39. The van der Waals surface area contributed by atoms with Gasteiger partial charge in [-0.2, -0.15) is 0 Å². The van der Waals surface area contributed by atoms with Gasteiger partial charge in [0.05, 0.1) is 7.11 Å². The molecule has 0 amide bonds. The molecule has 0 saturated carbocycles. The van der Waals surface area contributed by atoms with Crippen LogP contribution in [0.3, 0.4) is 0 Å². The van der Waals surface area contributed by atoms with Crippen LogP contribution in [0.5, 0.6) is 5.75 Å². The van der Waals surface area contributed by atoms with Gasteiger partial charge in [0, 0.05) is 6.08 Å². The zero-order valence-corrected chi connectivity index (χ0v) is 12.1. The molecule has 7 heteroatoms. The predicted molar refractivity (Wildman–Crippen MR) is 75.5 cm³/mol. The van der Waals surface area contributed by atoms with Gasteiger partial charge in [-0.15, -0.1) is 10.2 Å². The van der Waals surface area contributed by atoms with Gasteiger partial charge in [-0.3, -0.25) is 0 Å². The fourth-order valence-corrected chi connectivity index (χ4v) is 1.53. The molecule has 2 aromatic rings. The highest BCUT2D eigenvalue weighted by atomic mass is 35.6. The average molecular weight is 320 g/mol. The van der Waals surface area contributed by atoms with E-state index in [1.54, 1.807) is 19.3 Å². The second-order valence-corrected chi connectivity index (χ2v) is 5.83. The maximum Gasteiger partial charge on any atom is 0.268 e. The van der Waals surface area contributed by atoms with Gasteiger partial charge in [-0.1, -0.05) is 46.9 Å². The number of ether oxygens (including phenoxy) is 1. The summed E-state index contributed by atoms with van der Waals surface area (Å²) in [6.07, 6.45) is 3.43. The van der Waals surface area contributed by atoms with Gasteiger partial charge in [0.2, 0.25) is 5.89 Å². The Hall–Kier alpha value is -1.23. The molecule has 0 saturated heterocycles. The summed E-state index contributed by atoms with van der Waals surface area (Å²) >= 11 is 16.9. The number of halogens is 3. The van der Waals surface area contributed by atoms with Crippen molar-refractivity contribution in [2.75, 3.05) is 7.11 Å². The third-order valence-corrected chi connectivity index (χ3v) is 2.70. The first kappa shape index (κ1) is 14.2. The Morgan fingerprint density at radius 3 is 2.32 bits per heavy atom. The maximum atomic E-state index is 5.62. The van der Waals surface area contributed by atoms with E-state index in [0.717, 1.165) is 11.3 Å². The molecule has 0 N–H and O–H groups in total. The SMILES string of the molecule is COc1ccc(C=Cc2nnc(C(Cl)(Cl)Cl)o2)cc1. The number of aromatic nitrogens is 2. The third kappa shape index (κ3) is 3.86. The van der Waals surface area contributed by atoms with E-state index in [0.29, 0.717) is 0 Å². The highest BCUT2D eigenvalue weighted by molar-refractivity contribution is 6.66. The molecule has 0 aliphatic rings. The van der Waals surface area contributed by atoms with Crippen molar-refractivity contribution < 1.29 is 9.15 Å². The van der Waals surface area contributed by atoms with Crippen LogP contribution in [0.4, 0.5) is 0 Å². The lowest BCUT2D eigenvalue weighted by Gasteiger charge is -2.01. The molecule has 0 aliphatic heterocycles. The van der Waals surface area contributed by atoms with Crippen LogP contribution in [-0.2, 0) is 3.79 Å². The molecule has 0 unspecified atom stereocenters. The van der Waals surface area contributed by atoms with E-state index in [4.69, 9.17) is 44.0 Å². The maximum absolute atomic E-state index is 5.62. The van der Waals surface area contributed by atoms with Gasteiger partial charge >= 0.3 is 0 Å². The summed E-state index contributed by atoms with van der Waals surface area (Å²) in [6.45, 7) is 0. The lowest BCUT2D eigenvalue weighted by molar-refractivity contribution is 0.415. The average Bonchev–Trinajstić information content (AvgIpc) is 2.86.